The van der Waals surface area contributed by atoms with Gasteiger partial charge >= 0.3 is 0 Å². The van der Waals surface area contributed by atoms with Crippen molar-refractivity contribution in [2.45, 2.75) is 4.90 Å². The van der Waals surface area contributed by atoms with Crippen LogP contribution in [0.15, 0.2) is 23.1 Å². The molecule has 0 spiro atoms. The number of hydrogen-bond acceptors (Lipinski definition) is 3. The van der Waals surface area contributed by atoms with Crippen molar-refractivity contribution in [2.75, 3.05) is 5.73 Å². The quantitative estimate of drug-likeness (QED) is 0.585. The van der Waals surface area contributed by atoms with Crippen LogP contribution in [0.25, 0.3) is 0 Å². The molecule has 0 fully saturated rings. The largest absolute Gasteiger partial charge is 0.397 e. The molecule has 0 unspecified atom stereocenters. The average Bonchev–Trinajstić information content (AvgIpc) is 1.92. The zero-order valence-electron chi connectivity index (χ0n) is 5.99. The van der Waals surface area contributed by atoms with Gasteiger partial charge in [0.05, 0.1) is 5.69 Å². The summed E-state index contributed by atoms with van der Waals surface area (Å²) in [5, 5.41) is 4.92. The van der Waals surface area contributed by atoms with E-state index in [4.69, 9.17) is 10.9 Å². The Hall–Kier alpha value is -0.340. The summed E-state index contributed by atoms with van der Waals surface area (Å²) in [4.78, 5) is -0.0191. The fraction of sp³-hybridized carbons (Fsp3) is 0. The number of primary sulfonamides is 1. The van der Waals surface area contributed by atoms with Gasteiger partial charge in [0.1, 0.15) is 4.90 Å². The van der Waals surface area contributed by atoms with Crippen LogP contribution < -0.4 is 10.9 Å². The highest BCUT2D eigenvalue weighted by atomic mass is 127. The summed E-state index contributed by atoms with van der Waals surface area (Å²) >= 11 is 1.94. The summed E-state index contributed by atoms with van der Waals surface area (Å²) in [5.41, 5.74) is 5.71. The van der Waals surface area contributed by atoms with Crippen LogP contribution in [-0.2, 0) is 10.0 Å². The Morgan fingerprint density at radius 1 is 1.33 bits per heavy atom. The van der Waals surface area contributed by atoms with E-state index in [0.29, 0.717) is 3.57 Å². The fourth-order valence-corrected chi connectivity index (χ4v) is 2.13. The van der Waals surface area contributed by atoms with Crippen LogP contribution in [0.3, 0.4) is 0 Å². The van der Waals surface area contributed by atoms with Crippen molar-refractivity contribution in [3.05, 3.63) is 21.8 Å². The summed E-state index contributed by atoms with van der Waals surface area (Å²) in [5.74, 6) is 0. The number of rotatable bonds is 1. The number of halogens is 1. The Morgan fingerprint density at radius 3 is 2.33 bits per heavy atom. The van der Waals surface area contributed by atoms with Crippen LogP contribution in [0.2, 0.25) is 0 Å². The molecule has 66 valence electrons. The normalized spacial score (nSPS) is 11.5. The van der Waals surface area contributed by atoms with E-state index in [1.165, 1.54) is 6.07 Å². The van der Waals surface area contributed by atoms with E-state index in [1.54, 1.807) is 12.1 Å². The van der Waals surface area contributed by atoms with Gasteiger partial charge in [0.25, 0.3) is 0 Å². The molecule has 1 aromatic rings. The van der Waals surface area contributed by atoms with Crippen molar-refractivity contribution in [3.63, 3.8) is 0 Å². The first-order valence-corrected chi connectivity index (χ1v) is 5.62. The second-order valence-electron chi connectivity index (χ2n) is 2.20. The maximum atomic E-state index is 10.9. The monoisotopic (exact) mass is 298 g/mol. The lowest BCUT2D eigenvalue weighted by molar-refractivity contribution is 0.598. The molecular weight excluding hydrogens is 291 g/mol. The van der Waals surface area contributed by atoms with Gasteiger partial charge in [-0.25, -0.2) is 13.6 Å². The Kier molecular flexibility index (Phi) is 2.59. The van der Waals surface area contributed by atoms with E-state index < -0.39 is 10.0 Å². The SMILES string of the molecule is Nc1c(I)cccc1S(N)(=O)=O. The minimum absolute atomic E-state index is 0.0191. The van der Waals surface area contributed by atoms with Crippen molar-refractivity contribution < 1.29 is 8.42 Å². The minimum atomic E-state index is -3.69. The molecule has 4 N–H and O–H groups in total. The van der Waals surface area contributed by atoms with Crippen LogP contribution in [0.4, 0.5) is 5.69 Å². The van der Waals surface area contributed by atoms with Gasteiger partial charge in [-0.1, -0.05) is 6.07 Å². The maximum Gasteiger partial charge on any atom is 0.240 e. The molecule has 1 aromatic carbocycles. The third kappa shape index (κ3) is 1.87. The number of hydrogen-bond donors (Lipinski definition) is 2. The lowest BCUT2D eigenvalue weighted by Crippen LogP contribution is -2.14. The van der Waals surface area contributed by atoms with E-state index in [0.717, 1.165) is 0 Å². The molecule has 1 rings (SSSR count). The first-order valence-electron chi connectivity index (χ1n) is 2.99. The van der Waals surface area contributed by atoms with Crippen molar-refractivity contribution in [1.82, 2.24) is 0 Å². The zero-order chi connectivity index (χ0) is 9.35. The Bertz CT molecular complexity index is 402. The number of para-hydroxylation sites is 1. The molecule has 6 heteroatoms. The van der Waals surface area contributed by atoms with E-state index in [9.17, 15) is 8.42 Å². The third-order valence-electron chi connectivity index (χ3n) is 1.32. The summed E-state index contributed by atoms with van der Waals surface area (Å²) < 4.78 is 22.5. The highest BCUT2D eigenvalue weighted by Gasteiger charge is 2.12. The van der Waals surface area contributed by atoms with Gasteiger partial charge in [-0.3, -0.25) is 0 Å². The molecule has 0 atom stereocenters. The molecule has 0 aliphatic carbocycles. The molecule has 12 heavy (non-hydrogen) atoms. The molecule has 4 nitrogen and oxygen atoms in total. The second kappa shape index (κ2) is 3.19. The maximum absolute atomic E-state index is 10.9. The van der Waals surface area contributed by atoms with Crippen molar-refractivity contribution in [1.29, 1.82) is 0 Å². The van der Waals surface area contributed by atoms with Gasteiger partial charge in [0.2, 0.25) is 10.0 Å². The predicted molar refractivity (Wildman–Crippen MR) is 54.9 cm³/mol. The Balaban J connectivity index is 3.47. The van der Waals surface area contributed by atoms with Crippen LogP contribution in [0.1, 0.15) is 0 Å². The van der Waals surface area contributed by atoms with Crippen LogP contribution >= 0.6 is 22.6 Å². The summed E-state index contributed by atoms with van der Waals surface area (Å²) in [7, 11) is -3.69. The van der Waals surface area contributed by atoms with Crippen LogP contribution in [0.5, 0.6) is 0 Å². The lowest BCUT2D eigenvalue weighted by Gasteiger charge is -2.03. The number of nitrogens with two attached hydrogens (primary N) is 2. The van der Waals surface area contributed by atoms with E-state index >= 15 is 0 Å². The number of benzene rings is 1. The van der Waals surface area contributed by atoms with Gasteiger partial charge in [0.15, 0.2) is 0 Å². The first-order chi connectivity index (χ1) is 5.43. The molecule has 0 bridgehead atoms. The first kappa shape index (κ1) is 9.75. The highest BCUT2D eigenvalue weighted by molar-refractivity contribution is 14.1. The molecule has 0 aromatic heterocycles. The molecule has 0 radical (unpaired) electrons. The topological polar surface area (TPSA) is 86.2 Å². The molecule has 0 saturated carbocycles. The van der Waals surface area contributed by atoms with E-state index in [2.05, 4.69) is 0 Å². The Morgan fingerprint density at radius 2 is 1.92 bits per heavy atom. The molecular formula is C6H7IN2O2S. The average molecular weight is 298 g/mol. The highest BCUT2D eigenvalue weighted by Crippen LogP contribution is 2.22. The van der Waals surface area contributed by atoms with E-state index in [-0.39, 0.29) is 10.6 Å². The Labute approximate surface area is 84.1 Å². The van der Waals surface area contributed by atoms with Gasteiger partial charge < -0.3 is 5.73 Å². The molecule has 0 saturated heterocycles. The van der Waals surface area contributed by atoms with Gasteiger partial charge in [0, 0.05) is 3.57 Å². The molecule has 0 heterocycles. The van der Waals surface area contributed by atoms with Gasteiger partial charge in [-0.2, -0.15) is 0 Å². The predicted octanol–water partition coefficient (Wildman–Crippen LogP) is 0.521. The van der Waals surface area contributed by atoms with Crippen LogP contribution in [0, 0.1) is 3.57 Å². The van der Waals surface area contributed by atoms with Crippen LogP contribution in [-0.4, -0.2) is 8.42 Å². The zero-order valence-corrected chi connectivity index (χ0v) is 8.96. The summed E-state index contributed by atoms with van der Waals surface area (Å²) in [6, 6.07) is 4.69. The van der Waals surface area contributed by atoms with Gasteiger partial charge in [-0.05, 0) is 34.7 Å². The molecule has 0 aliphatic rings. The summed E-state index contributed by atoms with van der Waals surface area (Å²) in [6.07, 6.45) is 0. The van der Waals surface area contributed by atoms with Gasteiger partial charge in [-0.15, -0.1) is 0 Å². The lowest BCUT2D eigenvalue weighted by atomic mass is 10.3. The van der Waals surface area contributed by atoms with E-state index in [1.807, 2.05) is 22.6 Å². The number of nitrogen functional groups attached to an aromatic ring is 1. The van der Waals surface area contributed by atoms with Crippen molar-refractivity contribution in [2.24, 2.45) is 5.14 Å². The fourth-order valence-electron chi connectivity index (χ4n) is 0.765. The number of anilines is 1. The minimum Gasteiger partial charge on any atom is -0.397 e. The second-order valence-corrected chi connectivity index (χ2v) is 4.89. The summed E-state index contributed by atoms with van der Waals surface area (Å²) in [6.45, 7) is 0. The molecule has 0 aliphatic heterocycles. The van der Waals surface area contributed by atoms with Crippen molar-refractivity contribution >= 4 is 38.3 Å². The molecule has 0 amide bonds. The third-order valence-corrected chi connectivity index (χ3v) is 3.23. The standard InChI is InChI=1S/C6H7IN2O2S/c7-4-2-1-3-5(6(4)8)12(9,10)11/h1-3H,8H2,(H2,9,10,11). The smallest absolute Gasteiger partial charge is 0.240 e. The number of sulfonamides is 1. The van der Waals surface area contributed by atoms with Crippen molar-refractivity contribution in [3.8, 4) is 0 Å².